The van der Waals surface area contributed by atoms with E-state index < -0.39 is 9.84 Å². The van der Waals surface area contributed by atoms with Crippen molar-refractivity contribution >= 4 is 48.8 Å². The van der Waals surface area contributed by atoms with Crippen LogP contribution < -0.4 is 0 Å². The van der Waals surface area contributed by atoms with E-state index in [0.29, 0.717) is 5.69 Å². The van der Waals surface area contributed by atoms with E-state index in [-0.39, 0.29) is 9.92 Å². The van der Waals surface area contributed by atoms with E-state index >= 15 is 0 Å². The SMILES string of the molecule is O=S(=O)(c1ccc(Br)cc1)c1ccc(N=C=S)cn1. The molecule has 0 radical (unpaired) electrons. The van der Waals surface area contributed by atoms with Crippen LogP contribution >= 0.6 is 28.1 Å². The molecule has 96 valence electrons. The summed E-state index contributed by atoms with van der Waals surface area (Å²) in [7, 11) is -3.61. The molecule has 2 aromatic rings. The third-order valence-corrected chi connectivity index (χ3v) is 4.60. The van der Waals surface area contributed by atoms with Crippen molar-refractivity contribution in [1.29, 1.82) is 0 Å². The van der Waals surface area contributed by atoms with Gasteiger partial charge in [0.05, 0.1) is 21.9 Å². The maximum absolute atomic E-state index is 12.3. The lowest BCUT2D eigenvalue weighted by atomic mass is 10.4. The number of halogens is 1. The fourth-order valence-corrected chi connectivity index (χ4v) is 2.93. The van der Waals surface area contributed by atoms with E-state index in [0.717, 1.165) is 4.47 Å². The highest BCUT2D eigenvalue weighted by atomic mass is 79.9. The highest BCUT2D eigenvalue weighted by Gasteiger charge is 2.18. The summed E-state index contributed by atoms with van der Waals surface area (Å²) in [6.07, 6.45) is 1.34. The summed E-state index contributed by atoms with van der Waals surface area (Å²) >= 11 is 7.72. The zero-order valence-corrected chi connectivity index (χ0v) is 12.7. The van der Waals surface area contributed by atoms with Gasteiger partial charge in [-0.2, -0.15) is 4.99 Å². The summed E-state index contributed by atoms with van der Waals surface area (Å²) in [5.41, 5.74) is 0.463. The molecule has 0 N–H and O–H groups in total. The summed E-state index contributed by atoms with van der Waals surface area (Å²) in [6, 6.07) is 9.28. The largest absolute Gasteiger partial charge is 0.242 e. The van der Waals surface area contributed by atoms with Crippen LogP contribution in [-0.4, -0.2) is 18.6 Å². The molecule has 19 heavy (non-hydrogen) atoms. The summed E-state index contributed by atoms with van der Waals surface area (Å²) in [5.74, 6) is 0. The first kappa shape index (κ1) is 14.0. The Morgan fingerprint density at radius 3 is 2.37 bits per heavy atom. The number of aliphatic imine (C=N–C) groups is 1. The first-order chi connectivity index (χ1) is 9.04. The number of benzene rings is 1. The number of sulfone groups is 1. The molecular formula is C12H7BrN2O2S2. The second kappa shape index (κ2) is 5.71. The van der Waals surface area contributed by atoms with Gasteiger partial charge in [-0.3, -0.25) is 0 Å². The van der Waals surface area contributed by atoms with Gasteiger partial charge < -0.3 is 0 Å². The van der Waals surface area contributed by atoms with Crippen molar-refractivity contribution in [2.75, 3.05) is 0 Å². The van der Waals surface area contributed by atoms with E-state index in [1.807, 2.05) is 0 Å². The van der Waals surface area contributed by atoms with Crippen molar-refractivity contribution < 1.29 is 8.42 Å². The lowest BCUT2D eigenvalue weighted by molar-refractivity contribution is 0.592. The predicted octanol–water partition coefficient (Wildman–Crippen LogP) is 3.41. The van der Waals surface area contributed by atoms with Gasteiger partial charge in [-0.15, -0.1) is 0 Å². The van der Waals surface area contributed by atoms with Crippen LogP contribution in [0, 0.1) is 0 Å². The van der Waals surface area contributed by atoms with Gasteiger partial charge in [0.15, 0.2) is 5.03 Å². The van der Waals surface area contributed by atoms with Gasteiger partial charge in [-0.1, -0.05) is 15.9 Å². The number of thiocarbonyl (C=S) groups is 1. The van der Waals surface area contributed by atoms with Crippen LogP contribution in [0.5, 0.6) is 0 Å². The van der Waals surface area contributed by atoms with E-state index in [9.17, 15) is 8.42 Å². The van der Waals surface area contributed by atoms with Crippen molar-refractivity contribution in [1.82, 2.24) is 4.98 Å². The van der Waals surface area contributed by atoms with E-state index in [2.05, 4.69) is 43.3 Å². The van der Waals surface area contributed by atoms with Crippen LogP contribution in [0.2, 0.25) is 0 Å². The lowest BCUT2D eigenvalue weighted by Crippen LogP contribution is -2.03. The van der Waals surface area contributed by atoms with Crippen LogP contribution in [0.3, 0.4) is 0 Å². The first-order valence-electron chi connectivity index (χ1n) is 5.08. The Morgan fingerprint density at radius 1 is 1.16 bits per heavy atom. The molecule has 2 rings (SSSR count). The van der Waals surface area contributed by atoms with Crippen LogP contribution in [0.25, 0.3) is 0 Å². The minimum Gasteiger partial charge on any atom is -0.242 e. The van der Waals surface area contributed by atoms with Crippen molar-refractivity contribution in [2.24, 2.45) is 4.99 Å². The molecule has 0 atom stereocenters. The number of nitrogens with zero attached hydrogens (tertiary/aromatic N) is 2. The molecule has 1 heterocycles. The van der Waals surface area contributed by atoms with Crippen molar-refractivity contribution in [3.05, 3.63) is 47.1 Å². The van der Waals surface area contributed by atoms with Gasteiger partial charge in [-0.25, -0.2) is 13.4 Å². The number of rotatable bonds is 3. The van der Waals surface area contributed by atoms with Crippen LogP contribution in [0.15, 0.2) is 62.0 Å². The molecule has 0 aliphatic carbocycles. The molecule has 4 nitrogen and oxygen atoms in total. The Labute approximate surface area is 124 Å². The van der Waals surface area contributed by atoms with Gasteiger partial charge in [0, 0.05) is 4.47 Å². The summed E-state index contributed by atoms with van der Waals surface area (Å²) in [4.78, 5) is 7.79. The Kier molecular flexibility index (Phi) is 4.21. The van der Waals surface area contributed by atoms with Gasteiger partial charge in [0.2, 0.25) is 9.84 Å². The second-order valence-corrected chi connectivity index (χ2v) is 6.51. The third-order valence-electron chi connectivity index (χ3n) is 2.29. The van der Waals surface area contributed by atoms with Crippen LogP contribution in [0.1, 0.15) is 0 Å². The highest BCUT2D eigenvalue weighted by Crippen LogP contribution is 2.22. The Bertz CT molecular complexity index is 734. The molecule has 0 saturated heterocycles. The lowest BCUT2D eigenvalue weighted by Gasteiger charge is -2.03. The minimum absolute atomic E-state index is 0.0295. The Morgan fingerprint density at radius 2 is 1.84 bits per heavy atom. The molecule has 0 spiro atoms. The average Bonchev–Trinajstić information content (AvgIpc) is 2.40. The molecular weight excluding hydrogens is 348 g/mol. The van der Waals surface area contributed by atoms with Gasteiger partial charge >= 0.3 is 0 Å². The highest BCUT2D eigenvalue weighted by molar-refractivity contribution is 9.10. The van der Waals surface area contributed by atoms with Crippen LogP contribution in [0.4, 0.5) is 5.69 Å². The molecule has 0 fully saturated rings. The fourth-order valence-electron chi connectivity index (χ4n) is 1.38. The molecule has 0 aliphatic heterocycles. The smallest absolute Gasteiger partial charge is 0.223 e. The number of aromatic nitrogens is 1. The quantitative estimate of drug-likeness (QED) is 0.625. The summed E-state index contributed by atoms with van der Waals surface area (Å²) < 4.78 is 25.3. The maximum atomic E-state index is 12.3. The zero-order chi connectivity index (χ0) is 13.9. The minimum atomic E-state index is -3.61. The number of pyridine rings is 1. The molecule has 1 aromatic carbocycles. The Balaban J connectivity index is 2.44. The van der Waals surface area contributed by atoms with Gasteiger partial charge in [0.25, 0.3) is 0 Å². The predicted molar refractivity (Wildman–Crippen MR) is 78.5 cm³/mol. The molecule has 0 unspecified atom stereocenters. The van der Waals surface area contributed by atoms with E-state index in [4.69, 9.17) is 0 Å². The van der Waals surface area contributed by atoms with E-state index in [1.165, 1.54) is 30.5 Å². The maximum Gasteiger partial charge on any atom is 0.223 e. The fraction of sp³-hybridized carbons (Fsp3) is 0. The summed E-state index contributed by atoms with van der Waals surface area (Å²) in [6.45, 7) is 0. The molecule has 0 bridgehead atoms. The standard InChI is InChI=1S/C12H7BrN2O2S2/c13-9-1-4-11(5-2-9)19(16,17)12-6-3-10(7-14-12)15-8-18/h1-7H. The third kappa shape index (κ3) is 3.13. The molecule has 0 amide bonds. The number of isothiocyanates is 1. The number of hydrogen-bond donors (Lipinski definition) is 0. The second-order valence-electron chi connectivity index (χ2n) is 3.52. The molecule has 7 heteroatoms. The normalized spacial score (nSPS) is 10.8. The van der Waals surface area contributed by atoms with Crippen LogP contribution in [-0.2, 0) is 9.84 Å². The average molecular weight is 355 g/mol. The molecule has 0 saturated carbocycles. The Hall–Kier alpha value is -1.40. The number of hydrogen-bond acceptors (Lipinski definition) is 5. The topological polar surface area (TPSA) is 59.4 Å². The van der Waals surface area contributed by atoms with Gasteiger partial charge in [-0.05, 0) is 48.6 Å². The molecule has 0 aliphatic rings. The van der Waals surface area contributed by atoms with Crippen molar-refractivity contribution in [3.63, 3.8) is 0 Å². The molecule has 1 aromatic heterocycles. The summed E-state index contributed by atoms with van der Waals surface area (Å²) in [5, 5.41) is 2.16. The van der Waals surface area contributed by atoms with Crippen molar-refractivity contribution in [3.8, 4) is 0 Å². The zero-order valence-electron chi connectivity index (χ0n) is 9.45. The van der Waals surface area contributed by atoms with Crippen molar-refractivity contribution in [2.45, 2.75) is 9.92 Å². The van der Waals surface area contributed by atoms with E-state index in [1.54, 1.807) is 12.1 Å². The monoisotopic (exact) mass is 354 g/mol. The first-order valence-corrected chi connectivity index (χ1v) is 7.77. The van der Waals surface area contributed by atoms with Gasteiger partial charge in [0.1, 0.15) is 0 Å².